The summed E-state index contributed by atoms with van der Waals surface area (Å²) < 4.78 is 5.17. The second-order valence-electron chi connectivity index (χ2n) is 4.72. The SMILES string of the molecule is COCCN(Cc1cccc(CN)c1)C1CC1. The molecule has 0 heterocycles. The van der Waals surface area contributed by atoms with E-state index in [4.69, 9.17) is 10.5 Å². The van der Waals surface area contributed by atoms with E-state index < -0.39 is 0 Å². The van der Waals surface area contributed by atoms with Gasteiger partial charge in [-0.2, -0.15) is 0 Å². The van der Waals surface area contributed by atoms with Gasteiger partial charge in [-0.3, -0.25) is 4.90 Å². The molecular formula is C14H22N2O. The molecule has 3 heteroatoms. The molecule has 2 N–H and O–H groups in total. The Hall–Kier alpha value is -0.900. The zero-order chi connectivity index (χ0) is 12.1. The third-order valence-electron chi connectivity index (χ3n) is 3.26. The maximum absolute atomic E-state index is 5.67. The van der Waals surface area contributed by atoms with Gasteiger partial charge in [0.2, 0.25) is 0 Å². The lowest BCUT2D eigenvalue weighted by Crippen LogP contribution is -2.29. The highest BCUT2D eigenvalue weighted by Crippen LogP contribution is 2.28. The molecule has 0 radical (unpaired) electrons. The summed E-state index contributed by atoms with van der Waals surface area (Å²) in [5, 5.41) is 0. The third-order valence-corrected chi connectivity index (χ3v) is 3.26. The summed E-state index contributed by atoms with van der Waals surface area (Å²) in [5.74, 6) is 0. The standard InChI is InChI=1S/C14H22N2O/c1-17-8-7-16(14-5-6-14)11-13-4-2-3-12(9-13)10-15/h2-4,9,14H,5-8,10-11,15H2,1H3. The molecule has 0 spiro atoms. The van der Waals surface area contributed by atoms with Crippen LogP contribution in [0, 0.1) is 0 Å². The van der Waals surface area contributed by atoms with Crippen LogP contribution in [0.3, 0.4) is 0 Å². The summed E-state index contributed by atoms with van der Waals surface area (Å²) >= 11 is 0. The first-order valence-electron chi connectivity index (χ1n) is 6.34. The van der Waals surface area contributed by atoms with E-state index in [-0.39, 0.29) is 0 Å². The van der Waals surface area contributed by atoms with Crippen LogP contribution < -0.4 is 5.73 Å². The van der Waals surface area contributed by atoms with Gasteiger partial charge in [-0.05, 0) is 24.0 Å². The zero-order valence-corrected chi connectivity index (χ0v) is 10.6. The van der Waals surface area contributed by atoms with Crippen molar-refractivity contribution in [3.8, 4) is 0 Å². The molecule has 2 rings (SSSR count). The molecule has 0 bridgehead atoms. The Kier molecular flexibility index (Phi) is 4.54. The van der Waals surface area contributed by atoms with Crippen LogP contribution in [-0.4, -0.2) is 31.2 Å². The van der Waals surface area contributed by atoms with Gasteiger partial charge in [0.1, 0.15) is 0 Å². The first-order valence-corrected chi connectivity index (χ1v) is 6.34. The Labute approximate surface area is 104 Å². The van der Waals surface area contributed by atoms with E-state index in [1.807, 2.05) is 0 Å². The van der Waals surface area contributed by atoms with Crippen LogP contribution in [0.5, 0.6) is 0 Å². The lowest BCUT2D eigenvalue weighted by atomic mass is 10.1. The Morgan fingerprint density at radius 3 is 2.76 bits per heavy atom. The smallest absolute Gasteiger partial charge is 0.0589 e. The normalized spacial score (nSPS) is 15.5. The molecule has 0 amide bonds. The second kappa shape index (κ2) is 6.15. The van der Waals surface area contributed by atoms with Crippen molar-refractivity contribution in [1.82, 2.24) is 4.90 Å². The lowest BCUT2D eigenvalue weighted by molar-refractivity contribution is 0.139. The van der Waals surface area contributed by atoms with Crippen LogP contribution in [0.25, 0.3) is 0 Å². The van der Waals surface area contributed by atoms with Crippen LogP contribution in [-0.2, 0) is 17.8 Å². The minimum absolute atomic E-state index is 0.620. The van der Waals surface area contributed by atoms with Gasteiger partial charge in [0.25, 0.3) is 0 Å². The van der Waals surface area contributed by atoms with Gasteiger partial charge in [-0.1, -0.05) is 24.3 Å². The number of methoxy groups -OCH3 is 1. The molecule has 1 saturated carbocycles. The van der Waals surface area contributed by atoms with Crippen molar-refractivity contribution in [2.24, 2.45) is 5.73 Å². The molecule has 17 heavy (non-hydrogen) atoms. The fraction of sp³-hybridized carbons (Fsp3) is 0.571. The van der Waals surface area contributed by atoms with Crippen LogP contribution in [0.15, 0.2) is 24.3 Å². The number of rotatable bonds is 7. The fourth-order valence-corrected chi connectivity index (χ4v) is 2.13. The molecule has 0 saturated heterocycles. The molecule has 3 nitrogen and oxygen atoms in total. The predicted octanol–water partition coefficient (Wildman–Crippen LogP) is 1.76. The van der Waals surface area contributed by atoms with Crippen LogP contribution in [0.4, 0.5) is 0 Å². The van der Waals surface area contributed by atoms with Gasteiger partial charge in [0.15, 0.2) is 0 Å². The number of ether oxygens (including phenoxy) is 1. The number of hydrogen-bond acceptors (Lipinski definition) is 3. The fourth-order valence-electron chi connectivity index (χ4n) is 2.13. The maximum atomic E-state index is 5.67. The molecule has 0 unspecified atom stereocenters. The summed E-state index contributed by atoms with van der Waals surface area (Å²) in [4.78, 5) is 2.51. The first kappa shape index (κ1) is 12.6. The maximum Gasteiger partial charge on any atom is 0.0589 e. The second-order valence-corrected chi connectivity index (χ2v) is 4.72. The highest BCUT2D eigenvalue weighted by molar-refractivity contribution is 5.23. The molecule has 1 aliphatic carbocycles. The van der Waals surface area contributed by atoms with Crippen molar-refractivity contribution in [3.05, 3.63) is 35.4 Å². The number of benzene rings is 1. The minimum atomic E-state index is 0.620. The minimum Gasteiger partial charge on any atom is -0.383 e. The molecule has 0 aliphatic heterocycles. The zero-order valence-electron chi connectivity index (χ0n) is 10.6. The molecule has 1 fully saturated rings. The number of nitrogens with zero attached hydrogens (tertiary/aromatic N) is 1. The molecule has 0 atom stereocenters. The molecule has 0 aromatic heterocycles. The topological polar surface area (TPSA) is 38.5 Å². The molecular weight excluding hydrogens is 212 g/mol. The van der Waals surface area contributed by atoms with Crippen molar-refractivity contribution in [2.45, 2.75) is 32.0 Å². The van der Waals surface area contributed by atoms with Crippen molar-refractivity contribution in [2.75, 3.05) is 20.3 Å². The predicted molar refractivity (Wildman–Crippen MR) is 69.6 cm³/mol. The third kappa shape index (κ3) is 3.80. The molecule has 1 aromatic rings. The van der Waals surface area contributed by atoms with E-state index in [1.165, 1.54) is 24.0 Å². The number of nitrogens with two attached hydrogens (primary N) is 1. The highest BCUT2D eigenvalue weighted by atomic mass is 16.5. The van der Waals surface area contributed by atoms with Crippen LogP contribution in [0.1, 0.15) is 24.0 Å². The van der Waals surface area contributed by atoms with E-state index in [9.17, 15) is 0 Å². The average molecular weight is 234 g/mol. The van der Waals surface area contributed by atoms with Crippen molar-refractivity contribution < 1.29 is 4.74 Å². The molecule has 1 aliphatic rings. The summed E-state index contributed by atoms with van der Waals surface area (Å²) in [6, 6.07) is 9.34. The van der Waals surface area contributed by atoms with E-state index in [2.05, 4.69) is 29.2 Å². The van der Waals surface area contributed by atoms with Gasteiger partial charge in [-0.25, -0.2) is 0 Å². The monoisotopic (exact) mass is 234 g/mol. The van der Waals surface area contributed by atoms with E-state index in [0.29, 0.717) is 6.54 Å². The van der Waals surface area contributed by atoms with E-state index >= 15 is 0 Å². The number of hydrogen-bond donors (Lipinski definition) is 1. The van der Waals surface area contributed by atoms with Gasteiger partial charge < -0.3 is 10.5 Å². The molecule has 94 valence electrons. The summed E-state index contributed by atoms with van der Waals surface area (Å²) in [6.45, 7) is 3.47. The largest absolute Gasteiger partial charge is 0.383 e. The summed E-state index contributed by atoms with van der Waals surface area (Å²) in [7, 11) is 1.76. The first-order chi connectivity index (χ1) is 8.33. The van der Waals surface area contributed by atoms with Crippen LogP contribution >= 0.6 is 0 Å². The van der Waals surface area contributed by atoms with Crippen molar-refractivity contribution in [3.63, 3.8) is 0 Å². The molecule has 1 aromatic carbocycles. The Balaban J connectivity index is 1.95. The summed E-state index contributed by atoms with van der Waals surface area (Å²) in [5.41, 5.74) is 8.24. The Morgan fingerprint density at radius 2 is 2.12 bits per heavy atom. The van der Waals surface area contributed by atoms with Crippen LogP contribution in [0.2, 0.25) is 0 Å². The van der Waals surface area contributed by atoms with Gasteiger partial charge in [0.05, 0.1) is 6.61 Å². The quantitative estimate of drug-likeness (QED) is 0.781. The van der Waals surface area contributed by atoms with E-state index in [1.54, 1.807) is 7.11 Å². The van der Waals surface area contributed by atoms with Crippen molar-refractivity contribution >= 4 is 0 Å². The Morgan fingerprint density at radius 1 is 1.35 bits per heavy atom. The van der Waals surface area contributed by atoms with E-state index in [0.717, 1.165) is 25.7 Å². The van der Waals surface area contributed by atoms with Gasteiger partial charge in [-0.15, -0.1) is 0 Å². The average Bonchev–Trinajstić information content (AvgIpc) is 3.19. The Bertz CT molecular complexity index is 350. The van der Waals surface area contributed by atoms with Gasteiger partial charge in [0, 0.05) is 32.8 Å². The highest BCUT2D eigenvalue weighted by Gasteiger charge is 2.28. The van der Waals surface area contributed by atoms with Gasteiger partial charge >= 0.3 is 0 Å². The summed E-state index contributed by atoms with van der Waals surface area (Å²) in [6.07, 6.45) is 2.67. The van der Waals surface area contributed by atoms with Crippen molar-refractivity contribution in [1.29, 1.82) is 0 Å². The lowest BCUT2D eigenvalue weighted by Gasteiger charge is -2.21.